The molecule has 0 N–H and O–H groups in total. The quantitative estimate of drug-likeness (QED) is 0.229. The standard InChI is InChI=1S/C24H21N5O5/c1-15(22-26-27-23(34-22)16-8-10-18(11-9-16)29(31)32)33-24(30)19-14-17-6-2-3-7-20(17)25-21(19)28-12-4-5-13-28/h2-3,6-11,14-15H,4-5,12-13H2,1H3. The Morgan fingerprint density at radius 3 is 2.59 bits per heavy atom. The van der Waals surface area contributed by atoms with Crippen LogP contribution in [0.3, 0.4) is 0 Å². The number of benzene rings is 2. The van der Waals surface area contributed by atoms with Crippen molar-refractivity contribution >= 4 is 28.4 Å². The minimum absolute atomic E-state index is 0.0383. The Hall–Kier alpha value is -4.34. The number of rotatable bonds is 6. The number of esters is 1. The van der Waals surface area contributed by atoms with E-state index < -0.39 is 17.0 Å². The third kappa shape index (κ3) is 4.17. The van der Waals surface area contributed by atoms with Gasteiger partial charge in [0.1, 0.15) is 11.4 Å². The van der Waals surface area contributed by atoms with E-state index in [1.807, 2.05) is 24.3 Å². The number of hydrogen-bond acceptors (Lipinski definition) is 9. The van der Waals surface area contributed by atoms with Crippen LogP contribution in [0.15, 0.2) is 59.0 Å². The number of nitro benzene ring substituents is 1. The van der Waals surface area contributed by atoms with Gasteiger partial charge < -0.3 is 14.1 Å². The number of para-hydroxylation sites is 1. The lowest BCUT2D eigenvalue weighted by atomic mass is 10.1. The van der Waals surface area contributed by atoms with Gasteiger partial charge in [-0.05, 0) is 44.0 Å². The highest BCUT2D eigenvalue weighted by atomic mass is 16.6. The summed E-state index contributed by atoms with van der Waals surface area (Å²) in [6, 6.07) is 15.2. The molecule has 2 aromatic heterocycles. The number of carbonyl (C=O) groups excluding carboxylic acids is 1. The second-order valence-electron chi connectivity index (χ2n) is 8.04. The predicted molar refractivity (Wildman–Crippen MR) is 123 cm³/mol. The molecule has 1 aliphatic rings. The largest absolute Gasteiger partial charge is 0.449 e. The average molecular weight is 459 g/mol. The number of hydrogen-bond donors (Lipinski definition) is 0. The molecule has 0 radical (unpaired) electrons. The molecule has 0 aliphatic carbocycles. The summed E-state index contributed by atoms with van der Waals surface area (Å²) in [5.41, 5.74) is 1.70. The van der Waals surface area contributed by atoms with Crippen molar-refractivity contribution < 1.29 is 18.9 Å². The van der Waals surface area contributed by atoms with Gasteiger partial charge in [0.25, 0.3) is 11.6 Å². The van der Waals surface area contributed by atoms with Crippen LogP contribution in [0.25, 0.3) is 22.4 Å². The zero-order valence-corrected chi connectivity index (χ0v) is 18.4. The van der Waals surface area contributed by atoms with Crippen LogP contribution in [0, 0.1) is 10.1 Å². The van der Waals surface area contributed by atoms with Crippen molar-refractivity contribution in [1.29, 1.82) is 0 Å². The van der Waals surface area contributed by atoms with E-state index in [4.69, 9.17) is 14.1 Å². The van der Waals surface area contributed by atoms with E-state index in [1.165, 1.54) is 24.3 Å². The molecule has 34 heavy (non-hydrogen) atoms. The number of nitro groups is 1. The van der Waals surface area contributed by atoms with Gasteiger partial charge in [0, 0.05) is 36.2 Å². The van der Waals surface area contributed by atoms with Gasteiger partial charge in [0.15, 0.2) is 6.10 Å². The first-order valence-electron chi connectivity index (χ1n) is 10.9. The molecule has 1 atom stereocenters. The number of ether oxygens (including phenoxy) is 1. The maximum atomic E-state index is 13.2. The summed E-state index contributed by atoms with van der Waals surface area (Å²) in [6.07, 6.45) is 1.30. The van der Waals surface area contributed by atoms with E-state index in [9.17, 15) is 14.9 Å². The lowest BCUT2D eigenvalue weighted by molar-refractivity contribution is -0.384. The van der Waals surface area contributed by atoms with Gasteiger partial charge in [0.2, 0.25) is 5.89 Å². The van der Waals surface area contributed by atoms with E-state index in [-0.39, 0.29) is 17.5 Å². The highest BCUT2D eigenvalue weighted by Crippen LogP contribution is 2.29. The Morgan fingerprint density at radius 2 is 1.85 bits per heavy atom. The molecule has 1 saturated heterocycles. The Balaban J connectivity index is 1.38. The van der Waals surface area contributed by atoms with Gasteiger partial charge in [-0.1, -0.05) is 18.2 Å². The fourth-order valence-electron chi connectivity index (χ4n) is 3.94. The van der Waals surface area contributed by atoms with Crippen molar-refractivity contribution in [1.82, 2.24) is 15.2 Å². The number of non-ortho nitro benzene ring substituents is 1. The maximum absolute atomic E-state index is 13.2. The van der Waals surface area contributed by atoms with Crippen LogP contribution in [0.1, 0.15) is 42.1 Å². The van der Waals surface area contributed by atoms with E-state index in [0.29, 0.717) is 16.9 Å². The number of aromatic nitrogens is 3. The molecule has 0 spiro atoms. The molecule has 172 valence electrons. The van der Waals surface area contributed by atoms with Gasteiger partial charge >= 0.3 is 5.97 Å². The summed E-state index contributed by atoms with van der Waals surface area (Å²) in [6.45, 7) is 3.32. The van der Waals surface area contributed by atoms with Gasteiger partial charge in [-0.3, -0.25) is 10.1 Å². The van der Waals surface area contributed by atoms with Crippen molar-refractivity contribution in [2.75, 3.05) is 18.0 Å². The Kier molecular flexibility index (Phi) is 5.62. The minimum Gasteiger partial charge on any atom is -0.449 e. The number of pyridine rings is 1. The first-order valence-corrected chi connectivity index (χ1v) is 10.9. The molecule has 5 rings (SSSR count). The van der Waals surface area contributed by atoms with Crippen molar-refractivity contribution in [3.63, 3.8) is 0 Å². The van der Waals surface area contributed by atoms with Crippen LogP contribution in [-0.4, -0.2) is 39.2 Å². The minimum atomic E-state index is -0.801. The Bertz CT molecular complexity index is 1360. The lowest BCUT2D eigenvalue weighted by Gasteiger charge is -2.20. The molecule has 10 nitrogen and oxygen atoms in total. The molecule has 0 amide bonds. The van der Waals surface area contributed by atoms with Crippen LogP contribution in [0.4, 0.5) is 11.5 Å². The topological polar surface area (TPSA) is 124 Å². The smallest absolute Gasteiger partial charge is 0.342 e. The predicted octanol–water partition coefficient (Wildman–Crippen LogP) is 4.71. The van der Waals surface area contributed by atoms with E-state index >= 15 is 0 Å². The first-order chi connectivity index (χ1) is 16.5. The van der Waals surface area contributed by atoms with Crippen LogP contribution in [0.2, 0.25) is 0 Å². The number of anilines is 1. The number of fused-ring (bicyclic) bond motifs is 1. The van der Waals surface area contributed by atoms with Gasteiger partial charge in [-0.2, -0.15) is 0 Å². The van der Waals surface area contributed by atoms with Crippen LogP contribution in [0.5, 0.6) is 0 Å². The van der Waals surface area contributed by atoms with Gasteiger partial charge in [0.05, 0.1) is 10.4 Å². The van der Waals surface area contributed by atoms with Crippen molar-refractivity contribution in [2.24, 2.45) is 0 Å². The first kappa shape index (κ1) is 21.5. The van der Waals surface area contributed by atoms with E-state index in [1.54, 1.807) is 13.0 Å². The molecule has 0 bridgehead atoms. The summed E-state index contributed by atoms with van der Waals surface area (Å²) in [5.74, 6) is 0.393. The van der Waals surface area contributed by atoms with Crippen molar-refractivity contribution in [3.8, 4) is 11.5 Å². The molecule has 2 aromatic carbocycles. The zero-order valence-electron chi connectivity index (χ0n) is 18.4. The molecular formula is C24H21N5O5. The Labute approximate surface area is 194 Å². The molecule has 1 fully saturated rings. The third-order valence-corrected chi connectivity index (χ3v) is 5.73. The molecule has 1 aliphatic heterocycles. The Morgan fingerprint density at radius 1 is 1.12 bits per heavy atom. The fourth-order valence-corrected chi connectivity index (χ4v) is 3.94. The summed E-state index contributed by atoms with van der Waals surface area (Å²) in [5, 5.41) is 19.7. The normalized spacial score (nSPS) is 14.3. The summed E-state index contributed by atoms with van der Waals surface area (Å²) in [7, 11) is 0. The molecule has 4 aromatic rings. The highest BCUT2D eigenvalue weighted by Gasteiger charge is 2.26. The maximum Gasteiger partial charge on any atom is 0.342 e. The summed E-state index contributed by atoms with van der Waals surface area (Å²) < 4.78 is 11.4. The molecule has 0 saturated carbocycles. The summed E-state index contributed by atoms with van der Waals surface area (Å²) >= 11 is 0. The van der Waals surface area contributed by atoms with Crippen LogP contribution >= 0.6 is 0 Å². The third-order valence-electron chi connectivity index (χ3n) is 5.73. The molecule has 1 unspecified atom stereocenters. The average Bonchev–Trinajstić information content (AvgIpc) is 3.56. The monoisotopic (exact) mass is 459 g/mol. The SMILES string of the molecule is CC(OC(=O)c1cc2ccccc2nc1N1CCCC1)c1nnc(-c2ccc([N+](=O)[O-])cc2)o1. The lowest BCUT2D eigenvalue weighted by Crippen LogP contribution is -2.23. The van der Waals surface area contributed by atoms with Crippen LogP contribution in [-0.2, 0) is 4.74 Å². The zero-order chi connectivity index (χ0) is 23.7. The van der Waals surface area contributed by atoms with Crippen LogP contribution < -0.4 is 4.90 Å². The van der Waals surface area contributed by atoms with Gasteiger partial charge in [-0.25, -0.2) is 9.78 Å². The number of carbonyl (C=O) groups is 1. The highest BCUT2D eigenvalue weighted by molar-refractivity contribution is 5.99. The van der Waals surface area contributed by atoms with E-state index in [0.717, 1.165) is 36.8 Å². The second-order valence-corrected chi connectivity index (χ2v) is 8.04. The van der Waals surface area contributed by atoms with Crippen molar-refractivity contribution in [2.45, 2.75) is 25.9 Å². The molecule has 3 heterocycles. The fraction of sp³-hybridized carbons (Fsp3) is 0.250. The van der Waals surface area contributed by atoms with Crippen molar-refractivity contribution in [3.05, 3.63) is 76.2 Å². The molecular weight excluding hydrogens is 438 g/mol. The van der Waals surface area contributed by atoms with E-state index in [2.05, 4.69) is 15.1 Å². The van der Waals surface area contributed by atoms with Gasteiger partial charge in [-0.15, -0.1) is 10.2 Å². The second kappa shape index (κ2) is 8.89. The molecule has 10 heteroatoms. The number of nitrogens with zero attached hydrogens (tertiary/aromatic N) is 5. The summed E-state index contributed by atoms with van der Waals surface area (Å²) in [4.78, 5) is 30.4.